The molecular formula is C13H14N2O2S. The van der Waals surface area contributed by atoms with Gasteiger partial charge in [-0.2, -0.15) is 0 Å². The van der Waals surface area contributed by atoms with Crippen LogP contribution in [-0.2, 0) is 6.54 Å². The molecule has 2 aromatic rings. The maximum Gasteiger partial charge on any atom is 0.162 e. The van der Waals surface area contributed by atoms with Gasteiger partial charge in [0.05, 0.1) is 4.88 Å². The lowest BCUT2D eigenvalue weighted by Gasteiger charge is -2.20. The fourth-order valence-electron chi connectivity index (χ4n) is 1.99. The second-order valence-corrected chi connectivity index (χ2v) is 5.25. The second kappa shape index (κ2) is 4.59. The fraction of sp³-hybridized carbons (Fsp3) is 0.308. The Morgan fingerprint density at radius 3 is 2.67 bits per heavy atom. The van der Waals surface area contributed by atoms with Crippen molar-refractivity contribution in [2.45, 2.75) is 13.5 Å². The zero-order valence-corrected chi connectivity index (χ0v) is 10.9. The molecule has 0 spiro atoms. The minimum atomic E-state index is 0.480. The zero-order chi connectivity index (χ0) is 12.5. The van der Waals surface area contributed by atoms with Crippen molar-refractivity contribution < 1.29 is 9.47 Å². The molecule has 1 aliphatic rings. The van der Waals surface area contributed by atoms with Gasteiger partial charge in [0.15, 0.2) is 11.5 Å². The summed E-state index contributed by atoms with van der Waals surface area (Å²) in [4.78, 5) is 5.40. The van der Waals surface area contributed by atoms with Crippen LogP contribution in [0.3, 0.4) is 0 Å². The van der Waals surface area contributed by atoms with E-state index in [9.17, 15) is 0 Å². The maximum absolute atomic E-state index is 5.61. The summed E-state index contributed by atoms with van der Waals surface area (Å²) in [6.07, 6.45) is 1.87. The van der Waals surface area contributed by atoms with Crippen molar-refractivity contribution in [2.24, 2.45) is 5.73 Å². The number of aromatic nitrogens is 1. The highest BCUT2D eigenvalue weighted by molar-refractivity contribution is 7.15. The standard InChI is InChI=1S/C13H14N2O2S/c1-8-4-10-11(17-3-2-16-10)5-9(8)12-7-15-13(6-14)18-12/h4-5,7H,2-3,6,14H2,1H3. The number of ether oxygens (including phenoxy) is 2. The summed E-state index contributed by atoms with van der Waals surface area (Å²) >= 11 is 1.62. The summed E-state index contributed by atoms with van der Waals surface area (Å²) < 4.78 is 11.2. The largest absolute Gasteiger partial charge is 0.486 e. The number of hydrogen-bond acceptors (Lipinski definition) is 5. The minimum Gasteiger partial charge on any atom is -0.486 e. The van der Waals surface area contributed by atoms with E-state index in [-0.39, 0.29) is 0 Å². The monoisotopic (exact) mass is 262 g/mol. The van der Waals surface area contributed by atoms with Gasteiger partial charge in [-0.3, -0.25) is 0 Å². The first-order valence-corrected chi connectivity index (χ1v) is 6.65. The normalized spacial score (nSPS) is 13.7. The molecule has 4 nitrogen and oxygen atoms in total. The molecule has 0 amide bonds. The van der Waals surface area contributed by atoms with Crippen LogP contribution in [0.5, 0.6) is 11.5 Å². The molecule has 0 unspecified atom stereocenters. The summed E-state index contributed by atoms with van der Waals surface area (Å²) in [5.74, 6) is 1.63. The highest BCUT2D eigenvalue weighted by Crippen LogP contribution is 2.38. The Labute approximate surface area is 109 Å². The summed E-state index contributed by atoms with van der Waals surface area (Å²) in [7, 11) is 0. The topological polar surface area (TPSA) is 57.4 Å². The van der Waals surface area contributed by atoms with E-state index in [1.165, 1.54) is 0 Å². The predicted octanol–water partition coefficient (Wildman–Crippen LogP) is 2.35. The Bertz CT molecular complexity index is 580. The molecule has 0 bridgehead atoms. The lowest BCUT2D eigenvalue weighted by Crippen LogP contribution is -2.15. The summed E-state index contributed by atoms with van der Waals surface area (Å²) in [5, 5.41) is 0.944. The number of aryl methyl sites for hydroxylation is 1. The van der Waals surface area contributed by atoms with Gasteiger partial charge >= 0.3 is 0 Å². The van der Waals surface area contributed by atoms with E-state index in [1.54, 1.807) is 11.3 Å². The predicted molar refractivity (Wildman–Crippen MR) is 71.2 cm³/mol. The molecule has 18 heavy (non-hydrogen) atoms. The SMILES string of the molecule is Cc1cc2c(cc1-c1cnc(CN)s1)OCCO2. The number of rotatable bonds is 2. The lowest BCUT2D eigenvalue weighted by molar-refractivity contribution is 0.171. The third-order valence-corrected chi connectivity index (χ3v) is 3.94. The molecule has 0 atom stereocenters. The molecule has 0 saturated heterocycles. The fourth-order valence-corrected chi connectivity index (χ4v) is 2.86. The van der Waals surface area contributed by atoms with Crippen LogP contribution in [0.4, 0.5) is 0 Å². The molecule has 94 valence electrons. The Kier molecular flexibility index (Phi) is 2.93. The number of fused-ring (bicyclic) bond motifs is 1. The van der Waals surface area contributed by atoms with Crippen LogP contribution < -0.4 is 15.2 Å². The van der Waals surface area contributed by atoms with Crippen molar-refractivity contribution >= 4 is 11.3 Å². The van der Waals surface area contributed by atoms with Gasteiger partial charge in [-0.25, -0.2) is 4.98 Å². The van der Waals surface area contributed by atoms with Gasteiger partial charge in [-0.1, -0.05) is 0 Å². The molecule has 0 radical (unpaired) electrons. The van der Waals surface area contributed by atoms with Crippen molar-refractivity contribution in [1.82, 2.24) is 4.98 Å². The van der Waals surface area contributed by atoms with Crippen molar-refractivity contribution in [3.05, 3.63) is 28.9 Å². The quantitative estimate of drug-likeness (QED) is 0.902. The first-order chi connectivity index (χ1) is 8.78. The van der Waals surface area contributed by atoms with Gasteiger partial charge < -0.3 is 15.2 Å². The van der Waals surface area contributed by atoms with Crippen LogP contribution in [0.25, 0.3) is 10.4 Å². The van der Waals surface area contributed by atoms with Gasteiger partial charge in [0.25, 0.3) is 0 Å². The number of nitrogens with zero attached hydrogens (tertiary/aromatic N) is 1. The smallest absolute Gasteiger partial charge is 0.162 e. The van der Waals surface area contributed by atoms with E-state index in [1.807, 2.05) is 18.3 Å². The average molecular weight is 262 g/mol. The first-order valence-electron chi connectivity index (χ1n) is 5.83. The van der Waals surface area contributed by atoms with E-state index >= 15 is 0 Å². The van der Waals surface area contributed by atoms with Gasteiger partial charge in [0.2, 0.25) is 0 Å². The van der Waals surface area contributed by atoms with Crippen molar-refractivity contribution in [2.75, 3.05) is 13.2 Å². The van der Waals surface area contributed by atoms with Gasteiger partial charge in [-0.15, -0.1) is 11.3 Å². The molecule has 1 aliphatic heterocycles. The van der Waals surface area contributed by atoms with Gasteiger partial charge in [0, 0.05) is 18.3 Å². The molecule has 2 N–H and O–H groups in total. The molecule has 2 heterocycles. The molecule has 0 fully saturated rings. The minimum absolute atomic E-state index is 0.480. The number of benzene rings is 1. The van der Waals surface area contributed by atoms with Crippen LogP contribution in [0, 0.1) is 6.92 Å². The number of nitrogens with two attached hydrogens (primary N) is 1. The van der Waals surface area contributed by atoms with E-state index in [0.29, 0.717) is 19.8 Å². The zero-order valence-electron chi connectivity index (χ0n) is 10.1. The average Bonchev–Trinajstić information content (AvgIpc) is 2.86. The van der Waals surface area contributed by atoms with E-state index in [4.69, 9.17) is 15.2 Å². The summed E-state index contributed by atoms with van der Waals surface area (Å²) in [5.41, 5.74) is 7.89. The summed E-state index contributed by atoms with van der Waals surface area (Å²) in [6.45, 7) is 3.76. The molecular weight excluding hydrogens is 248 g/mol. The molecule has 3 rings (SSSR count). The van der Waals surface area contributed by atoms with E-state index in [2.05, 4.69) is 11.9 Å². The molecule has 0 aliphatic carbocycles. The third-order valence-electron chi connectivity index (χ3n) is 2.88. The molecule has 1 aromatic heterocycles. The highest BCUT2D eigenvalue weighted by atomic mass is 32.1. The van der Waals surface area contributed by atoms with Crippen LogP contribution in [-0.4, -0.2) is 18.2 Å². The molecule has 5 heteroatoms. The molecule has 1 aromatic carbocycles. The summed E-state index contributed by atoms with van der Waals surface area (Å²) in [6, 6.07) is 4.04. The maximum atomic E-state index is 5.61. The van der Waals surface area contributed by atoms with E-state index in [0.717, 1.165) is 32.5 Å². The third kappa shape index (κ3) is 1.95. The van der Waals surface area contributed by atoms with Gasteiger partial charge in [0.1, 0.15) is 18.2 Å². The lowest BCUT2D eigenvalue weighted by atomic mass is 10.1. The Balaban J connectivity index is 2.06. The van der Waals surface area contributed by atoms with Crippen LogP contribution >= 0.6 is 11.3 Å². The van der Waals surface area contributed by atoms with E-state index < -0.39 is 0 Å². The van der Waals surface area contributed by atoms with Crippen LogP contribution in [0.1, 0.15) is 10.6 Å². The van der Waals surface area contributed by atoms with Crippen LogP contribution in [0.15, 0.2) is 18.3 Å². The Morgan fingerprint density at radius 2 is 2.00 bits per heavy atom. The van der Waals surface area contributed by atoms with Crippen molar-refractivity contribution in [3.63, 3.8) is 0 Å². The number of hydrogen-bond donors (Lipinski definition) is 1. The van der Waals surface area contributed by atoms with Gasteiger partial charge in [-0.05, 0) is 24.6 Å². The Morgan fingerprint density at radius 1 is 1.28 bits per heavy atom. The Hall–Kier alpha value is -1.59. The second-order valence-electron chi connectivity index (χ2n) is 4.13. The number of thiazole rings is 1. The van der Waals surface area contributed by atoms with Crippen LogP contribution in [0.2, 0.25) is 0 Å². The first kappa shape index (κ1) is 11.5. The van der Waals surface area contributed by atoms with Crippen molar-refractivity contribution in [1.29, 1.82) is 0 Å². The van der Waals surface area contributed by atoms with Crippen molar-refractivity contribution in [3.8, 4) is 21.9 Å². The highest BCUT2D eigenvalue weighted by Gasteiger charge is 2.16. The molecule has 0 saturated carbocycles.